The zero-order chi connectivity index (χ0) is 25.1. The summed E-state index contributed by atoms with van der Waals surface area (Å²) in [7, 11) is 0. The maximum atomic E-state index is 12.4. The largest absolute Gasteiger partial charge is 0.349 e. The third kappa shape index (κ3) is 6.56. The molecule has 0 aliphatic heterocycles. The molecule has 1 heterocycles. The Balaban J connectivity index is 2.83. The molecule has 180 valence electrons. The predicted octanol–water partition coefficient (Wildman–Crippen LogP) is 5.89. The minimum absolute atomic E-state index is 0.00527. The summed E-state index contributed by atoms with van der Waals surface area (Å²) in [4.78, 5) is 17.5. The number of aromatic nitrogens is 1. The minimum atomic E-state index is -0.167. The smallest absolute Gasteiger partial charge is 0.217 e. The molecule has 1 aromatic heterocycles. The lowest BCUT2D eigenvalue weighted by atomic mass is 9.75. The van der Waals surface area contributed by atoms with Crippen LogP contribution in [0.1, 0.15) is 111 Å². The van der Waals surface area contributed by atoms with Gasteiger partial charge in [0, 0.05) is 18.5 Å². The molecule has 0 bridgehead atoms. The summed E-state index contributed by atoms with van der Waals surface area (Å²) in [5.74, 6) is 0.304. The molecule has 2 atom stereocenters. The number of pyridine rings is 1. The predicted molar refractivity (Wildman–Crippen MR) is 142 cm³/mol. The van der Waals surface area contributed by atoms with E-state index in [4.69, 9.17) is 4.98 Å². The highest BCUT2D eigenvalue weighted by Gasteiger charge is 2.32. The third-order valence-electron chi connectivity index (χ3n) is 6.39. The van der Waals surface area contributed by atoms with Crippen LogP contribution in [0, 0.1) is 5.92 Å². The van der Waals surface area contributed by atoms with Crippen LogP contribution in [0.25, 0.3) is 12.2 Å². The van der Waals surface area contributed by atoms with Gasteiger partial charge in [-0.25, -0.2) is 0 Å². The minimum Gasteiger partial charge on any atom is -0.349 e. The summed E-state index contributed by atoms with van der Waals surface area (Å²) in [5.41, 5.74) is 4.75. The standard InChI is InChI=1S/C30H44N2O/c1-12-21-14-15-26(32-25(21)13-2)27(19(3)4)28(31-20(5)33)22-16-23(29(6,7)8)18-24(17-22)30(9,10)11/h12-19,27-28H,1-11H3,(H,31,33)/b21-12-,25-13+/t27-,28-/m1/s1. The SMILES string of the molecule is C/C=c1/ccc([C@@H](C(C)C)[C@H](NC(C)=O)c2cc(C(C)(C)C)cc(C(C)(C)C)c2)n/c1=C/C. The van der Waals surface area contributed by atoms with Crippen LogP contribution in [0.4, 0.5) is 0 Å². The highest BCUT2D eigenvalue weighted by atomic mass is 16.1. The maximum absolute atomic E-state index is 12.4. The second-order valence-corrected chi connectivity index (χ2v) is 11.6. The van der Waals surface area contributed by atoms with Crippen molar-refractivity contribution in [3.63, 3.8) is 0 Å². The molecule has 0 spiro atoms. The van der Waals surface area contributed by atoms with Gasteiger partial charge in [0.1, 0.15) is 0 Å². The number of hydrogen-bond acceptors (Lipinski definition) is 2. The normalized spacial score (nSPS) is 15.6. The summed E-state index contributed by atoms with van der Waals surface area (Å²) in [5, 5.41) is 5.42. The van der Waals surface area contributed by atoms with Crippen LogP contribution in [0.15, 0.2) is 30.3 Å². The monoisotopic (exact) mass is 448 g/mol. The van der Waals surface area contributed by atoms with E-state index < -0.39 is 0 Å². The first-order chi connectivity index (χ1) is 15.2. The van der Waals surface area contributed by atoms with Gasteiger partial charge < -0.3 is 5.32 Å². The van der Waals surface area contributed by atoms with Crippen LogP contribution in [-0.2, 0) is 15.6 Å². The fourth-order valence-electron chi connectivity index (χ4n) is 4.36. The van der Waals surface area contributed by atoms with Crippen molar-refractivity contribution in [1.82, 2.24) is 10.3 Å². The number of hydrogen-bond donors (Lipinski definition) is 1. The second-order valence-electron chi connectivity index (χ2n) is 11.6. The lowest BCUT2D eigenvalue weighted by molar-refractivity contribution is -0.120. The molecule has 1 N–H and O–H groups in total. The van der Waals surface area contributed by atoms with Crippen LogP contribution < -0.4 is 15.9 Å². The highest BCUT2D eigenvalue weighted by Crippen LogP contribution is 2.39. The first kappa shape index (κ1) is 26.8. The lowest BCUT2D eigenvalue weighted by Gasteiger charge is -2.33. The molecule has 3 nitrogen and oxygen atoms in total. The Bertz CT molecular complexity index is 1070. The van der Waals surface area contributed by atoms with Crippen molar-refractivity contribution in [1.29, 1.82) is 0 Å². The van der Waals surface area contributed by atoms with E-state index in [1.54, 1.807) is 6.92 Å². The number of carbonyl (C=O) groups excluding carboxylic acids is 1. The Labute approximate surface area is 201 Å². The van der Waals surface area contributed by atoms with E-state index in [0.29, 0.717) is 0 Å². The van der Waals surface area contributed by atoms with Gasteiger partial charge in [0.25, 0.3) is 0 Å². The van der Waals surface area contributed by atoms with E-state index in [1.165, 1.54) is 11.1 Å². The quantitative estimate of drug-likeness (QED) is 0.619. The van der Waals surface area contributed by atoms with Crippen LogP contribution >= 0.6 is 0 Å². The van der Waals surface area contributed by atoms with E-state index in [-0.39, 0.29) is 34.6 Å². The number of benzene rings is 1. The van der Waals surface area contributed by atoms with Gasteiger partial charge in [0.2, 0.25) is 5.91 Å². The van der Waals surface area contributed by atoms with Crippen molar-refractivity contribution in [3.05, 3.63) is 63.3 Å². The Kier molecular flexibility index (Phi) is 8.32. The van der Waals surface area contributed by atoms with Gasteiger partial charge in [-0.2, -0.15) is 0 Å². The van der Waals surface area contributed by atoms with Crippen LogP contribution in [0.3, 0.4) is 0 Å². The topological polar surface area (TPSA) is 42.0 Å². The van der Waals surface area contributed by atoms with E-state index in [0.717, 1.165) is 21.8 Å². The Hall–Kier alpha value is -2.42. The van der Waals surface area contributed by atoms with E-state index in [2.05, 4.69) is 103 Å². The van der Waals surface area contributed by atoms with Gasteiger partial charge in [-0.3, -0.25) is 9.78 Å². The lowest BCUT2D eigenvalue weighted by Crippen LogP contribution is -2.36. The molecule has 3 heteroatoms. The number of nitrogens with zero attached hydrogens (tertiary/aromatic N) is 1. The number of rotatable bonds is 5. The fraction of sp³-hybridized carbons (Fsp3) is 0.533. The van der Waals surface area contributed by atoms with E-state index in [1.807, 2.05) is 13.8 Å². The zero-order valence-corrected chi connectivity index (χ0v) is 22.6. The van der Waals surface area contributed by atoms with Crippen molar-refractivity contribution in [2.24, 2.45) is 5.92 Å². The zero-order valence-electron chi connectivity index (χ0n) is 22.6. The first-order valence-corrected chi connectivity index (χ1v) is 12.2. The third-order valence-corrected chi connectivity index (χ3v) is 6.39. The molecule has 2 rings (SSSR count). The molecule has 1 aromatic carbocycles. The van der Waals surface area contributed by atoms with Gasteiger partial charge in [-0.05, 0) is 58.6 Å². The van der Waals surface area contributed by atoms with E-state index in [9.17, 15) is 4.79 Å². The molecular formula is C30H44N2O. The molecule has 0 aliphatic carbocycles. The van der Waals surface area contributed by atoms with Gasteiger partial charge in [0.05, 0.1) is 11.4 Å². The van der Waals surface area contributed by atoms with Crippen LogP contribution in [0.2, 0.25) is 0 Å². The van der Waals surface area contributed by atoms with Crippen molar-refractivity contribution in [2.75, 3.05) is 0 Å². The number of carbonyl (C=O) groups is 1. The second kappa shape index (κ2) is 10.2. The van der Waals surface area contributed by atoms with Crippen molar-refractivity contribution in [2.45, 2.75) is 99.0 Å². The summed E-state index contributed by atoms with van der Waals surface area (Å²) in [6.45, 7) is 23.6. The Morgan fingerprint density at radius 3 is 1.85 bits per heavy atom. The summed E-state index contributed by atoms with van der Waals surface area (Å²) in [6, 6.07) is 11.0. The molecular weight excluding hydrogens is 404 g/mol. The first-order valence-electron chi connectivity index (χ1n) is 12.2. The molecule has 2 aromatic rings. The average Bonchev–Trinajstić information content (AvgIpc) is 2.71. The van der Waals surface area contributed by atoms with Crippen LogP contribution in [-0.4, -0.2) is 10.9 Å². The molecule has 0 radical (unpaired) electrons. The fourth-order valence-corrected chi connectivity index (χ4v) is 4.36. The molecule has 33 heavy (non-hydrogen) atoms. The Morgan fingerprint density at radius 1 is 0.909 bits per heavy atom. The molecule has 0 fully saturated rings. The van der Waals surface area contributed by atoms with Gasteiger partial charge in [0.15, 0.2) is 0 Å². The molecule has 0 saturated heterocycles. The average molecular weight is 449 g/mol. The molecule has 0 unspecified atom stereocenters. The number of nitrogens with one attached hydrogen (secondary N) is 1. The van der Waals surface area contributed by atoms with Gasteiger partial charge in [-0.1, -0.05) is 91.8 Å². The molecule has 1 amide bonds. The van der Waals surface area contributed by atoms with Gasteiger partial charge in [-0.15, -0.1) is 0 Å². The molecule has 0 aliphatic rings. The Morgan fingerprint density at radius 2 is 1.45 bits per heavy atom. The van der Waals surface area contributed by atoms with Crippen molar-refractivity contribution >= 4 is 18.1 Å². The van der Waals surface area contributed by atoms with Crippen LogP contribution in [0.5, 0.6) is 0 Å². The summed E-state index contributed by atoms with van der Waals surface area (Å²) in [6.07, 6.45) is 4.14. The summed E-state index contributed by atoms with van der Waals surface area (Å²) >= 11 is 0. The van der Waals surface area contributed by atoms with E-state index >= 15 is 0 Å². The number of amides is 1. The molecule has 0 saturated carbocycles. The van der Waals surface area contributed by atoms with Crippen molar-refractivity contribution < 1.29 is 4.79 Å². The van der Waals surface area contributed by atoms with Crippen molar-refractivity contribution in [3.8, 4) is 0 Å². The highest BCUT2D eigenvalue weighted by molar-refractivity contribution is 5.73. The van der Waals surface area contributed by atoms with Gasteiger partial charge >= 0.3 is 0 Å². The summed E-state index contributed by atoms with van der Waals surface area (Å²) < 4.78 is 0. The maximum Gasteiger partial charge on any atom is 0.217 e.